The van der Waals surface area contributed by atoms with Gasteiger partial charge in [0.05, 0.1) is 12.5 Å². The largest absolute Gasteiger partial charge is 0.469 e. The van der Waals surface area contributed by atoms with Gasteiger partial charge in [-0.2, -0.15) is 0 Å². The highest BCUT2D eigenvalue weighted by molar-refractivity contribution is 5.92. The zero-order valence-electron chi connectivity index (χ0n) is 15.4. The lowest BCUT2D eigenvalue weighted by Crippen LogP contribution is -2.38. The van der Waals surface area contributed by atoms with Crippen molar-refractivity contribution in [3.63, 3.8) is 0 Å². The van der Waals surface area contributed by atoms with Gasteiger partial charge in [-0.3, -0.25) is 9.59 Å². The summed E-state index contributed by atoms with van der Waals surface area (Å²) in [4.78, 5) is 46.7. The van der Waals surface area contributed by atoms with Gasteiger partial charge in [-0.25, -0.2) is 9.59 Å². The van der Waals surface area contributed by atoms with Crippen LogP contribution >= 0.6 is 0 Å². The average Bonchev–Trinajstić information content (AvgIpc) is 3.29. The molecule has 2 amide bonds. The van der Waals surface area contributed by atoms with Crippen molar-refractivity contribution in [2.45, 2.75) is 13.8 Å². The van der Waals surface area contributed by atoms with Crippen molar-refractivity contribution in [1.29, 1.82) is 0 Å². The third-order valence-electron chi connectivity index (χ3n) is 3.60. The fourth-order valence-electron chi connectivity index (χ4n) is 2.12. The summed E-state index contributed by atoms with van der Waals surface area (Å²) < 4.78 is 19.7. The van der Waals surface area contributed by atoms with Gasteiger partial charge in [0, 0.05) is 13.1 Å². The first kappa shape index (κ1) is 20.7. The van der Waals surface area contributed by atoms with Gasteiger partial charge in [0.25, 0.3) is 11.8 Å². The van der Waals surface area contributed by atoms with Gasteiger partial charge < -0.3 is 28.9 Å². The standard InChI is InChI=1S/C18H20N2O8/c1-11-13(3-7-25-11)17(23)27-9-15(21)19-5-6-20-16(22)10-28-18(24)14-4-8-26-12(14)2/h3-4,7-8H,5-6,9-10H2,1-2H3,(H,19,21)(H,20,22). The number of esters is 2. The van der Waals surface area contributed by atoms with Crippen LogP contribution in [0.5, 0.6) is 0 Å². The first-order chi connectivity index (χ1) is 13.4. The summed E-state index contributed by atoms with van der Waals surface area (Å²) in [7, 11) is 0. The van der Waals surface area contributed by atoms with Crippen LogP contribution in [0.25, 0.3) is 0 Å². The van der Waals surface area contributed by atoms with E-state index >= 15 is 0 Å². The summed E-state index contributed by atoms with van der Waals surface area (Å²) in [5, 5.41) is 4.95. The number of carbonyl (C=O) groups excluding carboxylic acids is 4. The van der Waals surface area contributed by atoms with Crippen LogP contribution in [0.3, 0.4) is 0 Å². The minimum Gasteiger partial charge on any atom is -0.469 e. The fraction of sp³-hybridized carbons (Fsp3) is 0.333. The number of hydrogen-bond acceptors (Lipinski definition) is 8. The zero-order chi connectivity index (χ0) is 20.5. The van der Waals surface area contributed by atoms with E-state index in [0.29, 0.717) is 11.5 Å². The molecule has 0 fully saturated rings. The quantitative estimate of drug-likeness (QED) is 0.471. The molecule has 2 aromatic heterocycles. The molecule has 0 aliphatic rings. The maximum Gasteiger partial charge on any atom is 0.342 e. The Bertz CT molecular complexity index is 781. The zero-order valence-corrected chi connectivity index (χ0v) is 15.4. The molecule has 150 valence electrons. The number of ether oxygens (including phenoxy) is 2. The Kier molecular flexibility index (Phi) is 7.37. The molecule has 0 aromatic carbocycles. The van der Waals surface area contributed by atoms with Crippen LogP contribution in [-0.4, -0.2) is 50.1 Å². The van der Waals surface area contributed by atoms with Gasteiger partial charge in [-0.05, 0) is 26.0 Å². The van der Waals surface area contributed by atoms with Gasteiger partial charge in [0.15, 0.2) is 13.2 Å². The lowest BCUT2D eigenvalue weighted by molar-refractivity contribution is -0.125. The Morgan fingerprint density at radius 3 is 1.50 bits per heavy atom. The van der Waals surface area contributed by atoms with E-state index < -0.39 is 37.0 Å². The van der Waals surface area contributed by atoms with Gasteiger partial charge in [-0.1, -0.05) is 0 Å². The number of amides is 2. The summed E-state index contributed by atoms with van der Waals surface area (Å²) >= 11 is 0. The molecule has 0 saturated heterocycles. The summed E-state index contributed by atoms with van der Waals surface area (Å²) in [5.41, 5.74) is 0.500. The Hall–Kier alpha value is -3.56. The Morgan fingerprint density at radius 2 is 1.18 bits per heavy atom. The van der Waals surface area contributed by atoms with Gasteiger partial charge >= 0.3 is 11.9 Å². The molecular weight excluding hydrogens is 372 g/mol. The van der Waals surface area contributed by atoms with E-state index in [4.69, 9.17) is 18.3 Å². The molecule has 2 heterocycles. The van der Waals surface area contributed by atoms with E-state index in [1.165, 1.54) is 24.7 Å². The number of nitrogens with one attached hydrogen (secondary N) is 2. The van der Waals surface area contributed by atoms with Gasteiger partial charge in [0.1, 0.15) is 22.6 Å². The maximum absolute atomic E-state index is 11.7. The molecule has 2 rings (SSSR count). The normalized spacial score (nSPS) is 10.2. The van der Waals surface area contributed by atoms with Crippen molar-refractivity contribution < 1.29 is 37.5 Å². The molecule has 28 heavy (non-hydrogen) atoms. The van der Waals surface area contributed by atoms with E-state index in [-0.39, 0.29) is 24.2 Å². The Balaban J connectivity index is 1.56. The highest BCUT2D eigenvalue weighted by Crippen LogP contribution is 2.10. The van der Waals surface area contributed by atoms with Crippen LogP contribution in [0.15, 0.2) is 33.5 Å². The fourth-order valence-corrected chi connectivity index (χ4v) is 2.12. The molecule has 10 nitrogen and oxygen atoms in total. The monoisotopic (exact) mass is 392 g/mol. The maximum atomic E-state index is 11.7. The molecule has 2 aromatic rings. The van der Waals surface area contributed by atoms with Crippen molar-refractivity contribution in [1.82, 2.24) is 10.6 Å². The number of furan rings is 2. The van der Waals surface area contributed by atoms with Crippen LogP contribution in [0.4, 0.5) is 0 Å². The van der Waals surface area contributed by atoms with Crippen LogP contribution in [0.1, 0.15) is 32.2 Å². The summed E-state index contributed by atoms with van der Waals surface area (Å²) in [6, 6.07) is 2.90. The third kappa shape index (κ3) is 6.01. The first-order valence-corrected chi connectivity index (χ1v) is 8.34. The van der Waals surface area contributed by atoms with E-state index in [1.807, 2.05) is 0 Å². The SMILES string of the molecule is Cc1occc1C(=O)OCC(=O)NCCNC(=O)COC(=O)c1ccoc1C. The third-order valence-corrected chi connectivity index (χ3v) is 3.60. The number of hydrogen-bond donors (Lipinski definition) is 2. The second kappa shape index (κ2) is 9.95. The van der Waals surface area contributed by atoms with Crippen LogP contribution in [-0.2, 0) is 19.1 Å². The van der Waals surface area contributed by atoms with E-state index in [0.717, 1.165) is 0 Å². The molecule has 0 saturated carbocycles. The number of carbonyl (C=O) groups is 4. The van der Waals surface area contributed by atoms with E-state index in [1.54, 1.807) is 13.8 Å². The topological polar surface area (TPSA) is 137 Å². The Morgan fingerprint density at radius 1 is 0.786 bits per heavy atom. The lowest BCUT2D eigenvalue weighted by Gasteiger charge is -2.08. The molecular formula is C18H20N2O8. The minimum absolute atomic E-state index is 0.113. The molecule has 10 heteroatoms. The predicted molar refractivity (Wildman–Crippen MR) is 93.5 cm³/mol. The van der Waals surface area contributed by atoms with E-state index in [9.17, 15) is 19.2 Å². The molecule has 0 spiro atoms. The van der Waals surface area contributed by atoms with E-state index in [2.05, 4.69) is 10.6 Å². The number of aryl methyl sites for hydroxylation is 2. The molecule has 0 aliphatic carbocycles. The molecule has 0 atom stereocenters. The first-order valence-electron chi connectivity index (χ1n) is 8.34. The predicted octanol–water partition coefficient (Wildman–Crippen LogP) is 0.736. The smallest absolute Gasteiger partial charge is 0.342 e. The van der Waals surface area contributed by atoms with Crippen molar-refractivity contribution in [3.8, 4) is 0 Å². The van der Waals surface area contributed by atoms with Crippen LogP contribution < -0.4 is 10.6 Å². The molecule has 0 aliphatic heterocycles. The van der Waals surface area contributed by atoms with Gasteiger partial charge in [-0.15, -0.1) is 0 Å². The van der Waals surface area contributed by atoms with Crippen molar-refractivity contribution >= 4 is 23.8 Å². The van der Waals surface area contributed by atoms with Crippen molar-refractivity contribution in [3.05, 3.63) is 47.3 Å². The molecule has 0 radical (unpaired) electrons. The minimum atomic E-state index is -0.663. The lowest BCUT2D eigenvalue weighted by atomic mass is 10.3. The number of rotatable bonds is 9. The molecule has 0 unspecified atom stereocenters. The highest BCUT2D eigenvalue weighted by Gasteiger charge is 2.15. The molecule has 2 N–H and O–H groups in total. The molecule has 0 bridgehead atoms. The Labute approximate surface area is 160 Å². The van der Waals surface area contributed by atoms with Crippen molar-refractivity contribution in [2.75, 3.05) is 26.3 Å². The van der Waals surface area contributed by atoms with Crippen LogP contribution in [0, 0.1) is 13.8 Å². The van der Waals surface area contributed by atoms with Crippen molar-refractivity contribution in [2.24, 2.45) is 0 Å². The second-order valence-corrected chi connectivity index (χ2v) is 5.63. The second-order valence-electron chi connectivity index (χ2n) is 5.63. The summed E-state index contributed by atoms with van der Waals surface area (Å²) in [6.45, 7) is 2.52. The van der Waals surface area contributed by atoms with Gasteiger partial charge in [0.2, 0.25) is 0 Å². The average molecular weight is 392 g/mol. The highest BCUT2D eigenvalue weighted by atomic mass is 16.5. The van der Waals surface area contributed by atoms with Crippen LogP contribution in [0.2, 0.25) is 0 Å². The summed E-state index contributed by atoms with van der Waals surface area (Å²) in [5.74, 6) is -1.57. The summed E-state index contributed by atoms with van der Waals surface area (Å²) in [6.07, 6.45) is 2.70.